The molecule has 1 saturated heterocycles. The summed E-state index contributed by atoms with van der Waals surface area (Å²) in [4.78, 5) is 19.3. The zero-order valence-electron chi connectivity index (χ0n) is 13.1. The van der Waals surface area contributed by atoms with Crippen LogP contribution in [-0.4, -0.2) is 37.3 Å². The first-order valence-corrected chi connectivity index (χ1v) is 8.46. The van der Waals surface area contributed by atoms with Gasteiger partial charge < -0.3 is 9.42 Å². The molecular formula is C16H21N5O2. The van der Waals surface area contributed by atoms with Crippen LogP contribution >= 0.6 is 0 Å². The Bertz CT molecular complexity index is 679. The summed E-state index contributed by atoms with van der Waals surface area (Å²) < 4.78 is 6.89. The van der Waals surface area contributed by atoms with Crippen LogP contribution in [-0.2, 0) is 13.0 Å². The minimum Gasteiger partial charge on any atom is -0.343 e. The van der Waals surface area contributed by atoms with E-state index in [0.717, 1.165) is 69.3 Å². The van der Waals surface area contributed by atoms with Crippen LogP contribution in [0.1, 0.15) is 66.4 Å². The molecule has 2 aromatic rings. The Morgan fingerprint density at radius 2 is 2.09 bits per heavy atom. The highest BCUT2D eigenvalue weighted by Crippen LogP contribution is 2.30. The summed E-state index contributed by atoms with van der Waals surface area (Å²) in [5.41, 5.74) is 1.83. The minimum atomic E-state index is -0.0945. The van der Waals surface area contributed by atoms with Crippen LogP contribution in [0.25, 0.3) is 0 Å². The van der Waals surface area contributed by atoms with E-state index in [2.05, 4.69) is 15.2 Å². The van der Waals surface area contributed by atoms with E-state index in [-0.39, 0.29) is 11.9 Å². The monoisotopic (exact) mass is 315 g/mol. The SMILES string of the molecule is O=C(c1cnn2c1CCCC2)N1CCCCC[C@H]1c1ncon1. The van der Waals surface area contributed by atoms with Crippen molar-refractivity contribution in [3.63, 3.8) is 0 Å². The van der Waals surface area contributed by atoms with Crippen LogP contribution in [0.5, 0.6) is 0 Å². The Morgan fingerprint density at radius 1 is 1.17 bits per heavy atom. The zero-order valence-corrected chi connectivity index (χ0v) is 13.1. The lowest BCUT2D eigenvalue weighted by Crippen LogP contribution is -2.36. The number of fused-ring (bicyclic) bond motifs is 1. The van der Waals surface area contributed by atoms with Crippen molar-refractivity contribution in [1.29, 1.82) is 0 Å². The fourth-order valence-corrected chi connectivity index (χ4v) is 3.70. The maximum Gasteiger partial charge on any atom is 0.257 e. The summed E-state index contributed by atoms with van der Waals surface area (Å²) in [6, 6.07) is -0.0945. The Kier molecular flexibility index (Phi) is 3.85. The van der Waals surface area contributed by atoms with Crippen LogP contribution in [0, 0.1) is 0 Å². The van der Waals surface area contributed by atoms with Gasteiger partial charge in [-0.05, 0) is 32.1 Å². The molecule has 0 aliphatic carbocycles. The van der Waals surface area contributed by atoms with Crippen LogP contribution in [0.2, 0.25) is 0 Å². The summed E-state index contributed by atoms with van der Waals surface area (Å²) in [5.74, 6) is 0.672. The number of likely N-dealkylation sites (tertiary alicyclic amines) is 1. The van der Waals surface area contributed by atoms with Crippen molar-refractivity contribution in [2.24, 2.45) is 0 Å². The molecule has 0 saturated carbocycles. The summed E-state index contributed by atoms with van der Waals surface area (Å²) >= 11 is 0. The molecular weight excluding hydrogens is 294 g/mol. The van der Waals surface area contributed by atoms with Crippen molar-refractivity contribution in [3.8, 4) is 0 Å². The van der Waals surface area contributed by atoms with Gasteiger partial charge in [-0.2, -0.15) is 10.1 Å². The first-order chi connectivity index (χ1) is 11.3. The molecule has 0 spiro atoms. The van der Waals surface area contributed by atoms with E-state index in [1.54, 1.807) is 6.20 Å². The molecule has 4 rings (SSSR count). The van der Waals surface area contributed by atoms with Crippen molar-refractivity contribution in [2.75, 3.05) is 6.54 Å². The van der Waals surface area contributed by atoms with Gasteiger partial charge in [0.25, 0.3) is 5.91 Å². The molecule has 1 fully saturated rings. The molecule has 2 aliphatic heterocycles. The van der Waals surface area contributed by atoms with Gasteiger partial charge in [0.15, 0.2) is 5.82 Å². The molecule has 1 amide bonds. The molecule has 0 aromatic carbocycles. The number of carbonyl (C=O) groups excluding carboxylic acids is 1. The highest BCUT2D eigenvalue weighted by molar-refractivity contribution is 5.95. The first-order valence-electron chi connectivity index (χ1n) is 8.46. The van der Waals surface area contributed by atoms with Crippen molar-refractivity contribution < 1.29 is 9.32 Å². The molecule has 7 nitrogen and oxygen atoms in total. The highest BCUT2D eigenvalue weighted by atomic mass is 16.5. The fourth-order valence-electron chi connectivity index (χ4n) is 3.70. The molecule has 0 N–H and O–H groups in total. The Labute approximate surface area is 134 Å². The number of aromatic nitrogens is 4. The average molecular weight is 315 g/mol. The van der Waals surface area contributed by atoms with Crippen molar-refractivity contribution in [1.82, 2.24) is 24.8 Å². The van der Waals surface area contributed by atoms with E-state index in [4.69, 9.17) is 4.52 Å². The Hall–Kier alpha value is -2.18. The number of nitrogens with zero attached hydrogens (tertiary/aromatic N) is 5. The van der Waals surface area contributed by atoms with Crippen LogP contribution in [0.4, 0.5) is 0 Å². The predicted octanol–water partition coefficient (Wildman–Crippen LogP) is 2.36. The van der Waals surface area contributed by atoms with E-state index in [1.807, 2.05) is 9.58 Å². The number of hydrogen-bond donors (Lipinski definition) is 0. The second-order valence-corrected chi connectivity index (χ2v) is 6.34. The van der Waals surface area contributed by atoms with Crippen molar-refractivity contribution >= 4 is 5.91 Å². The maximum absolute atomic E-state index is 13.2. The molecule has 2 aromatic heterocycles. The fraction of sp³-hybridized carbons (Fsp3) is 0.625. The predicted molar refractivity (Wildman–Crippen MR) is 81.7 cm³/mol. The van der Waals surface area contributed by atoms with Crippen molar-refractivity contribution in [3.05, 3.63) is 29.7 Å². The third-order valence-corrected chi connectivity index (χ3v) is 4.90. The van der Waals surface area contributed by atoms with E-state index < -0.39 is 0 Å². The lowest BCUT2D eigenvalue weighted by atomic mass is 10.0. The minimum absolute atomic E-state index is 0.0600. The maximum atomic E-state index is 13.2. The van der Waals surface area contributed by atoms with E-state index in [0.29, 0.717) is 5.82 Å². The van der Waals surface area contributed by atoms with E-state index in [1.165, 1.54) is 6.39 Å². The molecule has 4 heterocycles. The standard InChI is InChI=1S/C16H21N5O2/c22-16(12-10-18-21-9-5-3-6-13(12)21)20-8-4-1-2-7-14(20)15-17-11-23-19-15/h10-11,14H,1-9H2/t14-/m0/s1. The number of rotatable bonds is 2. The molecule has 0 unspecified atom stereocenters. The summed E-state index contributed by atoms with van der Waals surface area (Å²) in [7, 11) is 0. The second-order valence-electron chi connectivity index (χ2n) is 6.34. The summed E-state index contributed by atoms with van der Waals surface area (Å²) in [5, 5.41) is 8.39. The largest absolute Gasteiger partial charge is 0.343 e. The molecule has 7 heteroatoms. The summed E-state index contributed by atoms with van der Waals surface area (Å²) in [6.07, 6.45) is 10.4. The lowest BCUT2D eigenvalue weighted by Gasteiger charge is -2.28. The van der Waals surface area contributed by atoms with Gasteiger partial charge in [-0.25, -0.2) is 0 Å². The second kappa shape index (κ2) is 6.14. The van der Waals surface area contributed by atoms with Gasteiger partial charge in [0, 0.05) is 13.1 Å². The highest BCUT2D eigenvalue weighted by Gasteiger charge is 2.32. The Morgan fingerprint density at radius 3 is 2.96 bits per heavy atom. The van der Waals surface area contributed by atoms with Crippen LogP contribution in [0.3, 0.4) is 0 Å². The number of aryl methyl sites for hydroxylation is 1. The lowest BCUT2D eigenvalue weighted by molar-refractivity contribution is 0.0668. The molecule has 23 heavy (non-hydrogen) atoms. The van der Waals surface area contributed by atoms with Crippen molar-refractivity contribution in [2.45, 2.75) is 57.5 Å². The normalized spacial score (nSPS) is 21.7. The van der Waals surface area contributed by atoms with E-state index >= 15 is 0 Å². The zero-order chi connectivity index (χ0) is 15.6. The van der Waals surface area contributed by atoms with Crippen LogP contribution in [0.15, 0.2) is 17.1 Å². The molecule has 2 aliphatic rings. The summed E-state index contributed by atoms with van der Waals surface area (Å²) in [6.45, 7) is 1.65. The van der Waals surface area contributed by atoms with E-state index in [9.17, 15) is 4.79 Å². The molecule has 0 radical (unpaired) electrons. The number of hydrogen-bond acceptors (Lipinski definition) is 5. The van der Waals surface area contributed by atoms with Gasteiger partial charge in [0.1, 0.15) is 0 Å². The molecule has 0 bridgehead atoms. The third-order valence-electron chi connectivity index (χ3n) is 4.90. The topological polar surface area (TPSA) is 77.0 Å². The van der Waals surface area contributed by atoms with Gasteiger partial charge >= 0.3 is 0 Å². The quantitative estimate of drug-likeness (QED) is 0.850. The molecule has 122 valence electrons. The smallest absolute Gasteiger partial charge is 0.257 e. The van der Waals surface area contributed by atoms with Gasteiger partial charge in [-0.15, -0.1) is 0 Å². The molecule has 1 atom stereocenters. The van der Waals surface area contributed by atoms with Gasteiger partial charge in [-0.1, -0.05) is 18.0 Å². The average Bonchev–Trinajstić information content (AvgIpc) is 3.19. The third kappa shape index (κ3) is 2.64. The Balaban J connectivity index is 1.66. The number of carbonyl (C=O) groups is 1. The first kappa shape index (κ1) is 14.4. The van der Waals surface area contributed by atoms with Gasteiger partial charge in [0.05, 0.1) is 23.5 Å². The van der Waals surface area contributed by atoms with Gasteiger partial charge in [-0.3, -0.25) is 9.48 Å². The van der Waals surface area contributed by atoms with Crippen LogP contribution < -0.4 is 0 Å². The number of amides is 1. The van der Waals surface area contributed by atoms with Gasteiger partial charge in [0.2, 0.25) is 6.39 Å².